The zero-order valence-corrected chi connectivity index (χ0v) is 10.3. The molecule has 1 saturated heterocycles. The maximum absolute atomic E-state index is 2.77. The second-order valence-electron chi connectivity index (χ2n) is 5.97. The fraction of sp³-hybridized carbons (Fsp3) is 1.00. The van der Waals surface area contributed by atoms with E-state index in [1.165, 1.54) is 38.8 Å². The summed E-state index contributed by atoms with van der Waals surface area (Å²) in [5.74, 6) is 1.01. The number of rotatable bonds is 3. The van der Waals surface area contributed by atoms with Gasteiger partial charge in [0, 0.05) is 18.6 Å². The smallest absolute Gasteiger partial charge is 0.0176 e. The number of nitrogens with zero attached hydrogens (tertiary/aromatic N) is 1. The van der Waals surface area contributed by atoms with Gasteiger partial charge < -0.3 is 0 Å². The molecule has 14 heavy (non-hydrogen) atoms. The van der Waals surface area contributed by atoms with Gasteiger partial charge in [0.15, 0.2) is 0 Å². The van der Waals surface area contributed by atoms with Crippen LogP contribution in [0, 0.1) is 11.3 Å². The van der Waals surface area contributed by atoms with Crippen molar-refractivity contribution in [3.8, 4) is 0 Å². The molecule has 82 valence electrons. The molecule has 0 amide bonds. The molecular weight excluding hydrogens is 170 g/mol. The second-order valence-corrected chi connectivity index (χ2v) is 5.97. The summed E-state index contributed by atoms with van der Waals surface area (Å²) in [6.07, 6.45) is 5.55. The molecule has 1 saturated carbocycles. The first-order chi connectivity index (χ1) is 6.54. The third kappa shape index (κ3) is 1.32. The van der Waals surface area contributed by atoms with E-state index < -0.39 is 0 Å². The van der Waals surface area contributed by atoms with E-state index in [4.69, 9.17) is 0 Å². The number of hydrogen-bond acceptors (Lipinski definition) is 1. The minimum absolute atomic E-state index is 0.473. The maximum Gasteiger partial charge on any atom is 0.0176 e. The molecule has 1 heteroatoms. The van der Waals surface area contributed by atoms with E-state index in [2.05, 4.69) is 32.6 Å². The van der Waals surface area contributed by atoms with Crippen molar-refractivity contribution in [3.05, 3.63) is 0 Å². The van der Waals surface area contributed by atoms with Crippen LogP contribution in [0.3, 0.4) is 0 Å². The Balaban J connectivity index is 2.07. The third-order valence-corrected chi connectivity index (χ3v) is 5.33. The molecule has 1 aliphatic carbocycles. The average Bonchev–Trinajstić information content (AvgIpc) is 2.41. The molecule has 0 radical (unpaired) electrons. The van der Waals surface area contributed by atoms with Crippen LogP contribution in [0.25, 0.3) is 0 Å². The summed E-state index contributed by atoms with van der Waals surface area (Å²) in [6.45, 7) is 12.3. The highest BCUT2D eigenvalue weighted by Gasteiger charge is 2.52. The van der Waals surface area contributed by atoms with Gasteiger partial charge in [-0.1, -0.05) is 20.8 Å². The minimum atomic E-state index is 0.473. The summed E-state index contributed by atoms with van der Waals surface area (Å²) < 4.78 is 0. The predicted molar refractivity (Wildman–Crippen MR) is 61.4 cm³/mol. The molecule has 0 unspecified atom stereocenters. The van der Waals surface area contributed by atoms with Crippen molar-refractivity contribution in [1.29, 1.82) is 0 Å². The van der Waals surface area contributed by atoms with Gasteiger partial charge in [0.05, 0.1) is 0 Å². The Labute approximate surface area is 88.9 Å². The van der Waals surface area contributed by atoms with Crippen molar-refractivity contribution in [2.75, 3.05) is 13.1 Å². The van der Waals surface area contributed by atoms with Crippen LogP contribution in [-0.4, -0.2) is 23.5 Å². The van der Waals surface area contributed by atoms with Crippen LogP contribution in [0.1, 0.15) is 53.4 Å². The summed E-state index contributed by atoms with van der Waals surface area (Å²) in [5.41, 5.74) is 1.16. The molecule has 1 nitrogen and oxygen atoms in total. The Kier molecular flexibility index (Phi) is 2.42. The largest absolute Gasteiger partial charge is 0.297 e. The lowest BCUT2D eigenvalue weighted by atomic mass is 9.64. The summed E-state index contributed by atoms with van der Waals surface area (Å²) in [6, 6.07) is 0. The van der Waals surface area contributed by atoms with E-state index in [1.807, 2.05) is 0 Å². The van der Waals surface area contributed by atoms with Gasteiger partial charge >= 0.3 is 0 Å². The zero-order valence-electron chi connectivity index (χ0n) is 10.3. The molecule has 2 fully saturated rings. The highest BCUT2D eigenvalue weighted by molar-refractivity contribution is 5.04. The van der Waals surface area contributed by atoms with Crippen molar-refractivity contribution in [3.63, 3.8) is 0 Å². The van der Waals surface area contributed by atoms with Gasteiger partial charge in [0.1, 0.15) is 0 Å². The van der Waals surface area contributed by atoms with Crippen molar-refractivity contribution in [1.82, 2.24) is 4.90 Å². The van der Waals surface area contributed by atoms with Gasteiger partial charge in [-0.25, -0.2) is 0 Å². The molecule has 2 rings (SSSR count). The van der Waals surface area contributed by atoms with Gasteiger partial charge in [-0.2, -0.15) is 0 Å². The first-order valence-electron chi connectivity index (χ1n) is 6.29. The van der Waals surface area contributed by atoms with Crippen LogP contribution >= 0.6 is 0 Å². The Bertz CT molecular complexity index is 219. The van der Waals surface area contributed by atoms with Crippen molar-refractivity contribution in [2.45, 2.75) is 58.9 Å². The normalized spacial score (nSPS) is 38.1. The molecule has 0 aromatic rings. The quantitative estimate of drug-likeness (QED) is 0.668. The SMILES string of the molecule is CCC(C)(CC)N1C[C@@H]2CC[C@]2(C)C1. The van der Waals surface area contributed by atoms with Crippen molar-refractivity contribution in [2.24, 2.45) is 11.3 Å². The summed E-state index contributed by atoms with van der Waals surface area (Å²) in [5, 5.41) is 0. The van der Waals surface area contributed by atoms with Gasteiger partial charge in [-0.3, -0.25) is 4.90 Å². The van der Waals surface area contributed by atoms with Crippen LogP contribution in [0.4, 0.5) is 0 Å². The Morgan fingerprint density at radius 2 is 2.00 bits per heavy atom. The van der Waals surface area contributed by atoms with Gasteiger partial charge in [-0.15, -0.1) is 0 Å². The summed E-state index contributed by atoms with van der Waals surface area (Å²) in [7, 11) is 0. The molecule has 0 N–H and O–H groups in total. The van der Waals surface area contributed by atoms with Crippen LogP contribution in [0.2, 0.25) is 0 Å². The zero-order chi connectivity index (χ0) is 10.4. The Morgan fingerprint density at radius 1 is 1.36 bits per heavy atom. The molecule has 2 aliphatic rings. The minimum Gasteiger partial charge on any atom is -0.297 e. The lowest BCUT2D eigenvalue weighted by Crippen LogP contribution is -2.44. The van der Waals surface area contributed by atoms with E-state index in [1.54, 1.807) is 0 Å². The average molecular weight is 195 g/mol. The predicted octanol–water partition coefficient (Wildman–Crippen LogP) is 3.30. The summed E-state index contributed by atoms with van der Waals surface area (Å²) in [4.78, 5) is 2.77. The van der Waals surface area contributed by atoms with Crippen LogP contribution in [0.15, 0.2) is 0 Å². The first kappa shape index (κ1) is 10.5. The Hall–Kier alpha value is -0.0400. The van der Waals surface area contributed by atoms with Gasteiger partial charge in [0.2, 0.25) is 0 Å². The van der Waals surface area contributed by atoms with Crippen LogP contribution in [-0.2, 0) is 0 Å². The monoisotopic (exact) mass is 195 g/mol. The molecule has 2 atom stereocenters. The molecule has 0 aromatic carbocycles. The molecule has 0 spiro atoms. The summed E-state index contributed by atoms with van der Waals surface area (Å²) >= 11 is 0. The third-order valence-electron chi connectivity index (χ3n) is 5.33. The van der Waals surface area contributed by atoms with Gasteiger partial charge in [0.25, 0.3) is 0 Å². The van der Waals surface area contributed by atoms with E-state index in [-0.39, 0.29) is 0 Å². The second kappa shape index (κ2) is 3.23. The fourth-order valence-corrected chi connectivity index (χ4v) is 3.24. The van der Waals surface area contributed by atoms with E-state index in [0.29, 0.717) is 11.0 Å². The number of hydrogen-bond donors (Lipinski definition) is 0. The van der Waals surface area contributed by atoms with E-state index in [0.717, 1.165) is 5.92 Å². The highest BCUT2D eigenvalue weighted by atomic mass is 15.2. The fourth-order valence-electron chi connectivity index (χ4n) is 3.24. The number of fused-ring (bicyclic) bond motifs is 1. The van der Waals surface area contributed by atoms with E-state index in [9.17, 15) is 0 Å². The topological polar surface area (TPSA) is 3.24 Å². The van der Waals surface area contributed by atoms with Crippen molar-refractivity contribution >= 4 is 0 Å². The molecule has 1 aliphatic heterocycles. The highest BCUT2D eigenvalue weighted by Crippen LogP contribution is 2.53. The molecule has 1 heterocycles. The van der Waals surface area contributed by atoms with Crippen LogP contribution < -0.4 is 0 Å². The van der Waals surface area contributed by atoms with Gasteiger partial charge in [-0.05, 0) is 43.9 Å². The van der Waals surface area contributed by atoms with Crippen LogP contribution in [0.5, 0.6) is 0 Å². The lowest BCUT2D eigenvalue weighted by molar-refractivity contribution is 0.0933. The van der Waals surface area contributed by atoms with E-state index >= 15 is 0 Å². The molecule has 0 bridgehead atoms. The first-order valence-corrected chi connectivity index (χ1v) is 6.29. The lowest BCUT2D eigenvalue weighted by Gasteiger charge is -2.41. The Morgan fingerprint density at radius 3 is 2.29 bits per heavy atom. The maximum atomic E-state index is 2.77. The molecular formula is C13H25N. The molecule has 0 aromatic heterocycles. The van der Waals surface area contributed by atoms with Crippen molar-refractivity contribution < 1.29 is 0 Å². The standard InChI is InChI=1S/C13H25N/c1-5-13(4,6-2)14-9-11-7-8-12(11,3)10-14/h11H,5-10H2,1-4H3/t11-,12+/m0/s1. The number of likely N-dealkylation sites (tertiary alicyclic amines) is 1.